The molecule has 106 valence electrons. The van der Waals surface area contributed by atoms with Gasteiger partial charge in [0.25, 0.3) is 0 Å². The first-order chi connectivity index (χ1) is 9.65. The van der Waals surface area contributed by atoms with E-state index in [-0.39, 0.29) is 0 Å². The molecule has 2 aromatic rings. The van der Waals surface area contributed by atoms with E-state index in [2.05, 4.69) is 5.32 Å². The number of hydrogen-bond donors (Lipinski definition) is 1. The van der Waals surface area contributed by atoms with Crippen LogP contribution in [0.15, 0.2) is 36.4 Å². The third-order valence-electron chi connectivity index (χ3n) is 2.89. The van der Waals surface area contributed by atoms with Crippen LogP contribution in [0.4, 0.5) is 5.69 Å². The summed E-state index contributed by atoms with van der Waals surface area (Å²) in [7, 11) is 3.24. The van der Waals surface area contributed by atoms with E-state index < -0.39 is 0 Å². The van der Waals surface area contributed by atoms with Crippen LogP contribution in [0.5, 0.6) is 11.5 Å². The fourth-order valence-electron chi connectivity index (χ4n) is 1.90. The van der Waals surface area contributed by atoms with Crippen LogP contribution in [0, 0.1) is 0 Å². The van der Waals surface area contributed by atoms with Gasteiger partial charge in [0.15, 0.2) is 11.5 Å². The van der Waals surface area contributed by atoms with Crippen molar-refractivity contribution in [1.82, 2.24) is 0 Å². The number of hydrogen-bond acceptors (Lipinski definition) is 3. The number of halogens is 2. The molecule has 1 N–H and O–H groups in total. The van der Waals surface area contributed by atoms with Crippen molar-refractivity contribution >= 4 is 28.9 Å². The molecule has 0 saturated heterocycles. The van der Waals surface area contributed by atoms with Gasteiger partial charge in [-0.2, -0.15) is 0 Å². The van der Waals surface area contributed by atoms with Crippen LogP contribution >= 0.6 is 23.2 Å². The standard InChI is InChI=1S/C15H15Cl2NO2/c1-19-14-5-3-4-10(15(14)20-2)9-18-11-6-7-12(16)13(17)8-11/h3-8,18H,9H2,1-2H3. The Balaban J connectivity index is 2.16. The van der Waals surface area contributed by atoms with Gasteiger partial charge in [0.1, 0.15) is 0 Å². The van der Waals surface area contributed by atoms with Crippen molar-refractivity contribution in [3.05, 3.63) is 52.0 Å². The summed E-state index contributed by atoms with van der Waals surface area (Å²) in [6.07, 6.45) is 0. The van der Waals surface area contributed by atoms with Crippen molar-refractivity contribution in [3.8, 4) is 11.5 Å². The molecule has 2 aromatic carbocycles. The summed E-state index contributed by atoms with van der Waals surface area (Å²) in [6, 6.07) is 11.2. The molecule has 0 fully saturated rings. The van der Waals surface area contributed by atoms with Gasteiger partial charge in [-0.05, 0) is 24.3 Å². The molecular formula is C15H15Cl2NO2. The summed E-state index contributed by atoms with van der Waals surface area (Å²) in [5, 5.41) is 4.34. The van der Waals surface area contributed by atoms with Gasteiger partial charge < -0.3 is 14.8 Å². The van der Waals surface area contributed by atoms with Crippen molar-refractivity contribution in [2.75, 3.05) is 19.5 Å². The summed E-state index contributed by atoms with van der Waals surface area (Å²) in [5.74, 6) is 1.43. The monoisotopic (exact) mass is 311 g/mol. The van der Waals surface area contributed by atoms with Crippen LogP contribution in [0.3, 0.4) is 0 Å². The molecule has 0 saturated carbocycles. The topological polar surface area (TPSA) is 30.5 Å². The maximum absolute atomic E-state index is 5.99. The molecular weight excluding hydrogens is 297 g/mol. The highest BCUT2D eigenvalue weighted by Crippen LogP contribution is 2.31. The largest absolute Gasteiger partial charge is 0.493 e. The highest BCUT2D eigenvalue weighted by atomic mass is 35.5. The third kappa shape index (κ3) is 3.30. The van der Waals surface area contributed by atoms with E-state index in [0.717, 1.165) is 17.0 Å². The van der Waals surface area contributed by atoms with E-state index in [4.69, 9.17) is 32.7 Å². The van der Waals surface area contributed by atoms with Gasteiger partial charge in [0, 0.05) is 17.8 Å². The van der Waals surface area contributed by atoms with Crippen LogP contribution in [0.25, 0.3) is 0 Å². The Morgan fingerprint density at radius 3 is 2.45 bits per heavy atom. The number of benzene rings is 2. The average Bonchev–Trinajstić information content (AvgIpc) is 2.47. The molecule has 3 nitrogen and oxygen atoms in total. The number of methoxy groups -OCH3 is 2. The quantitative estimate of drug-likeness (QED) is 0.873. The highest BCUT2D eigenvalue weighted by Gasteiger charge is 2.09. The Labute approximate surface area is 128 Å². The molecule has 2 rings (SSSR count). The first kappa shape index (κ1) is 14.8. The summed E-state index contributed by atoms with van der Waals surface area (Å²) in [5.41, 5.74) is 1.89. The van der Waals surface area contributed by atoms with Gasteiger partial charge in [0.05, 0.1) is 24.3 Å². The number of rotatable bonds is 5. The second kappa shape index (κ2) is 6.73. The lowest BCUT2D eigenvalue weighted by Gasteiger charge is -2.14. The number of anilines is 1. The zero-order valence-corrected chi connectivity index (χ0v) is 12.8. The molecule has 0 aliphatic rings. The molecule has 0 unspecified atom stereocenters. The first-order valence-corrected chi connectivity index (χ1v) is 6.80. The van der Waals surface area contributed by atoms with Crippen molar-refractivity contribution < 1.29 is 9.47 Å². The predicted molar refractivity (Wildman–Crippen MR) is 83.3 cm³/mol. The van der Waals surface area contributed by atoms with E-state index >= 15 is 0 Å². The SMILES string of the molecule is COc1cccc(CNc2ccc(Cl)c(Cl)c2)c1OC. The Bertz CT molecular complexity index is 602. The van der Waals surface area contributed by atoms with Gasteiger partial charge >= 0.3 is 0 Å². The number of para-hydroxylation sites is 1. The van der Waals surface area contributed by atoms with Gasteiger partial charge in [-0.25, -0.2) is 0 Å². The van der Waals surface area contributed by atoms with E-state index in [1.807, 2.05) is 24.3 Å². The van der Waals surface area contributed by atoms with Crippen molar-refractivity contribution in [3.63, 3.8) is 0 Å². The molecule has 0 aliphatic heterocycles. The first-order valence-electron chi connectivity index (χ1n) is 6.04. The van der Waals surface area contributed by atoms with E-state index in [1.54, 1.807) is 26.4 Å². The predicted octanol–water partition coefficient (Wildman–Crippen LogP) is 4.62. The summed E-state index contributed by atoms with van der Waals surface area (Å²) in [6.45, 7) is 0.596. The Kier molecular flexibility index (Phi) is 4.99. The number of ether oxygens (including phenoxy) is 2. The second-order valence-electron chi connectivity index (χ2n) is 4.14. The second-order valence-corrected chi connectivity index (χ2v) is 4.95. The molecule has 0 heterocycles. The fraction of sp³-hybridized carbons (Fsp3) is 0.200. The molecule has 0 bridgehead atoms. The van der Waals surface area contributed by atoms with Crippen molar-refractivity contribution in [1.29, 1.82) is 0 Å². The normalized spacial score (nSPS) is 10.2. The molecule has 5 heteroatoms. The highest BCUT2D eigenvalue weighted by molar-refractivity contribution is 6.42. The van der Waals surface area contributed by atoms with Gasteiger partial charge in [-0.15, -0.1) is 0 Å². The van der Waals surface area contributed by atoms with Crippen LogP contribution < -0.4 is 14.8 Å². The van der Waals surface area contributed by atoms with E-state index in [9.17, 15) is 0 Å². The van der Waals surface area contributed by atoms with Gasteiger partial charge in [0.2, 0.25) is 0 Å². The van der Waals surface area contributed by atoms with Crippen LogP contribution in [0.1, 0.15) is 5.56 Å². The number of nitrogens with one attached hydrogen (secondary N) is 1. The maximum atomic E-state index is 5.99. The molecule has 0 aromatic heterocycles. The Hall–Kier alpha value is -1.58. The minimum absolute atomic E-state index is 0.522. The van der Waals surface area contributed by atoms with E-state index in [0.29, 0.717) is 22.3 Å². The fourth-order valence-corrected chi connectivity index (χ4v) is 2.19. The zero-order valence-electron chi connectivity index (χ0n) is 11.2. The summed E-state index contributed by atoms with van der Waals surface area (Å²) in [4.78, 5) is 0. The lowest BCUT2D eigenvalue weighted by atomic mass is 10.1. The smallest absolute Gasteiger partial charge is 0.165 e. The molecule has 0 spiro atoms. The van der Waals surface area contributed by atoms with Crippen molar-refractivity contribution in [2.24, 2.45) is 0 Å². The summed E-state index contributed by atoms with van der Waals surface area (Å²) >= 11 is 11.9. The molecule has 0 atom stereocenters. The minimum atomic E-state index is 0.522. The third-order valence-corrected chi connectivity index (χ3v) is 3.63. The Morgan fingerprint density at radius 2 is 1.80 bits per heavy atom. The van der Waals surface area contributed by atoms with Crippen molar-refractivity contribution in [2.45, 2.75) is 6.54 Å². The molecule has 20 heavy (non-hydrogen) atoms. The van der Waals surface area contributed by atoms with Crippen LogP contribution in [-0.4, -0.2) is 14.2 Å². The maximum Gasteiger partial charge on any atom is 0.165 e. The lowest BCUT2D eigenvalue weighted by Crippen LogP contribution is -2.03. The van der Waals surface area contributed by atoms with Crippen LogP contribution in [-0.2, 0) is 6.54 Å². The zero-order chi connectivity index (χ0) is 14.5. The molecule has 0 radical (unpaired) electrons. The summed E-state index contributed by atoms with van der Waals surface area (Å²) < 4.78 is 10.7. The molecule has 0 amide bonds. The lowest BCUT2D eigenvalue weighted by molar-refractivity contribution is 0.352. The van der Waals surface area contributed by atoms with Gasteiger partial charge in [-0.1, -0.05) is 35.3 Å². The van der Waals surface area contributed by atoms with Gasteiger partial charge in [-0.3, -0.25) is 0 Å². The van der Waals surface area contributed by atoms with E-state index in [1.165, 1.54) is 0 Å². The minimum Gasteiger partial charge on any atom is -0.493 e. The molecule has 0 aliphatic carbocycles. The van der Waals surface area contributed by atoms with Crippen LogP contribution in [0.2, 0.25) is 10.0 Å². The average molecular weight is 312 g/mol. The Morgan fingerprint density at radius 1 is 1.00 bits per heavy atom.